The lowest BCUT2D eigenvalue weighted by Gasteiger charge is -2.25. The Kier molecular flexibility index (Phi) is 5.72. The monoisotopic (exact) mass is 393 g/mol. The summed E-state index contributed by atoms with van der Waals surface area (Å²) in [6.45, 7) is 13.5. The van der Waals surface area contributed by atoms with Crippen LogP contribution < -0.4 is 0 Å². The molecule has 3 aromatic carbocycles. The third-order valence-electron chi connectivity index (χ3n) is 4.88. The highest BCUT2D eigenvalue weighted by Gasteiger charge is 2.37. The average Bonchev–Trinajstić information content (AvgIpc) is 2.63. The first kappa shape index (κ1) is 20.7. The summed E-state index contributed by atoms with van der Waals surface area (Å²) < 4.78 is 13.7. The minimum Gasteiger partial charge on any atom is -0.207 e. The zero-order valence-corrected chi connectivity index (χ0v) is 18.5. The molecule has 28 heavy (non-hydrogen) atoms. The van der Waals surface area contributed by atoms with E-state index in [1.807, 2.05) is 12.1 Å². The summed E-state index contributed by atoms with van der Waals surface area (Å²) in [4.78, 5) is 3.78. The second kappa shape index (κ2) is 7.75. The molecule has 0 unspecified atom stereocenters. The standard InChI is InChI=1S/C26H30FS/c1-25(2,3)21-11-7-9-13-23(21)28(20-17-15-19(27)16-18-20)24-14-10-8-12-22(24)26(4,5)6/h7-18H,1-6H3/q+1. The van der Waals surface area contributed by atoms with Gasteiger partial charge in [-0.25, -0.2) is 4.39 Å². The summed E-state index contributed by atoms with van der Waals surface area (Å²) >= 11 is 0. The lowest BCUT2D eigenvalue weighted by atomic mass is 9.87. The van der Waals surface area contributed by atoms with E-state index in [1.54, 1.807) is 12.1 Å². The average molecular weight is 394 g/mol. The van der Waals surface area contributed by atoms with Gasteiger partial charge in [-0.15, -0.1) is 0 Å². The largest absolute Gasteiger partial charge is 0.207 e. The van der Waals surface area contributed by atoms with Gasteiger partial charge in [-0.1, -0.05) is 77.9 Å². The molecule has 0 fully saturated rings. The van der Waals surface area contributed by atoms with Crippen molar-refractivity contribution in [3.05, 3.63) is 89.7 Å². The summed E-state index contributed by atoms with van der Waals surface area (Å²) in [7, 11) is -0.306. The summed E-state index contributed by atoms with van der Waals surface area (Å²) in [5.74, 6) is -0.194. The molecular formula is C26H30FS+. The first-order chi connectivity index (χ1) is 13.1. The van der Waals surface area contributed by atoms with Crippen molar-refractivity contribution >= 4 is 10.9 Å². The first-order valence-electron chi connectivity index (χ1n) is 9.78. The number of benzene rings is 3. The fourth-order valence-corrected chi connectivity index (χ4v) is 6.24. The van der Waals surface area contributed by atoms with Gasteiger partial charge in [-0.3, -0.25) is 0 Å². The van der Waals surface area contributed by atoms with Crippen molar-refractivity contribution in [3.63, 3.8) is 0 Å². The summed E-state index contributed by atoms with van der Waals surface area (Å²) in [6, 6.07) is 24.5. The molecule has 146 valence electrons. The fourth-order valence-electron chi connectivity index (χ4n) is 3.47. The van der Waals surface area contributed by atoms with Gasteiger partial charge in [0.05, 0.1) is 10.9 Å². The van der Waals surface area contributed by atoms with Gasteiger partial charge in [0.1, 0.15) is 5.82 Å². The molecule has 0 amide bonds. The van der Waals surface area contributed by atoms with Gasteiger partial charge in [-0.05, 0) is 47.2 Å². The number of hydrogen-bond acceptors (Lipinski definition) is 0. The topological polar surface area (TPSA) is 0 Å². The highest BCUT2D eigenvalue weighted by Crippen LogP contribution is 2.41. The van der Waals surface area contributed by atoms with Crippen LogP contribution in [0.2, 0.25) is 0 Å². The van der Waals surface area contributed by atoms with Gasteiger partial charge >= 0.3 is 0 Å². The van der Waals surface area contributed by atoms with E-state index in [1.165, 1.54) is 20.9 Å². The van der Waals surface area contributed by atoms with Crippen LogP contribution in [0.25, 0.3) is 0 Å². The Balaban J connectivity index is 2.33. The van der Waals surface area contributed by atoms with Crippen molar-refractivity contribution in [2.24, 2.45) is 0 Å². The van der Waals surface area contributed by atoms with E-state index in [-0.39, 0.29) is 27.5 Å². The molecule has 3 rings (SSSR count). The highest BCUT2D eigenvalue weighted by atomic mass is 32.2. The Morgan fingerprint density at radius 3 is 1.36 bits per heavy atom. The third-order valence-corrected chi connectivity index (χ3v) is 7.21. The van der Waals surface area contributed by atoms with Crippen LogP contribution in [0, 0.1) is 5.82 Å². The van der Waals surface area contributed by atoms with Crippen LogP contribution in [0.3, 0.4) is 0 Å². The molecule has 3 aromatic rings. The van der Waals surface area contributed by atoms with Crippen LogP contribution in [-0.4, -0.2) is 0 Å². The minimum absolute atomic E-state index is 0.0263. The molecule has 0 atom stereocenters. The van der Waals surface area contributed by atoms with E-state index < -0.39 is 0 Å². The van der Waals surface area contributed by atoms with Crippen LogP contribution >= 0.6 is 0 Å². The predicted molar refractivity (Wildman–Crippen MR) is 119 cm³/mol. The van der Waals surface area contributed by atoms with E-state index in [0.29, 0.717) is 0 Å². The van der Waals surface area contributed by atoms with E-state index in [4.69, 9.17) is 0 Å². The Labute approximate surface area is 172 Å². The highest BCUT2D eigenvalue weighted by molar-refractivity contribution is 7.97. The molecule has 0 radical (unpaired) electrons. The molecule has 0 saturated heterocycles. The zero-order valence-electron chi connectivity index (χ0n) is 17.7. The van der Waals surface area contributed by atoms with Crippen molar-refractivity contribution in [2.45, 2.75) is 67.1 Å². The lowest BCUT2D eigenvalue weighted by molar-refractivity contribution is 0.574. The molecule has 0 saturated carbocycles. The SMILES string of the molecule is CC(C)(C)c1ccccc1[S+](c1ccc(F)cc1)c1ccccc1C(C)(C)C. The molecule has 0 spiro atoms. The molecular weight excluding hydrogens is 363 g/mol. The van der Waals surface area contributed by atoms with Gasteiger partial charge in [0.15, 0.2) is 14.7 Å². The molecule has 2 heteroatoms. The smallest absolute Gasteiger partial charge is 0.170 e. The third kappa shape index (κ3) is 4.33. The van der Waals surface area contributed by atoms with Gasteiger partial charge in [0.25, 0.3) is 0 Å². The Morgan fingerprint density at radius 2 is 0.964 bits per heavy atom. The summed E-state index contributed by atoms with van der Waals surface area (Å²) in [5, 5.41) is 0. The van der Waals surface area contributed by atoms with Crippen LogP contribution in [0.1, 0.15) is 52.7 Å². The maximum absolute atomic E-state index is 13.7. The van der Waals surface area contributed by atoms with E-state index in [2.05, 4.69) is 90.1 Å². The molecule has 0 bridgehead atoms. The molecule has 0 nitrogen and oxygen atoms in total. The molecule has 0 heterocycles. The van der Waals surface area contributed by atoms with Crippen LogP contribution in [0.4, 0.5) is 4.39 Å². The second-order valence-corrected chi connectivity index (χ2v) is 11.2. The van der Waals surface area contributed by atoms with Gasteiger partial charge in [0.2, 0.25) is 0 Å². The van der Waals surface area contributed by atoms with E-state index in [0.717, 1.165) is 4.90 Å². The summed E-state index contributed by atoms with van der Waals surface area (Å²) in [5.41, 5.74) is 2.73. The number of halogens is 1. The molecule has 0 aliphatic heterocycles. The van der Waals surface area contributed by atoms with Crippen molar-refractivity contribution in [2.75, 3.05) is 0 Å². The lowest BCUT2D eigenvalue weighted by Crippen LogP contribution is -2.21. The summed E-state index contributed by atoms with van der Waals surface area (Å²) in [6.07, 6.45) is 0. The maximum Gasteiger partial charge on any atom is 0.170 e. The van der Waals surface area contributed by atoms with Gasteiger partial charge < -0.3 is 0 Å². The predicted octanol–water partition coefficient (Wildman–Crippen LogP) is 7.52. The Bertz CT molecular complexity index is 886. The molecule has 0 aliphatic rings. The van der Waals surface area contributed by atoms with Crippen LogP contribution in [0.5, 0.6) is 0 Å². The van der Waals surface area contributed by atoms with E-state index >= 15 is 0 Å². The fraction of sp³-hybridized carbons (Fsp3) is 0.308. The second-order valence-electron chi connectivity index (χ2n) is 9.25. The van der Waals surface area contributed by atoms with Gasteiger partial charge in [-0.2, -0.15) is 0 Å². The minimum atomic E-state index is -0.306. The number of rotatable bonds is 3. The van der Waals surface area contributed by atoms with Crippen LogP contribution in [0.15, 0.2) is 87.5 Å². The van der Waals surface area contributed by atoms with Gasteiger partial charge in [0, 0.05) is 11.1 Å². The number of hydrogen-bond donors (Lipinski definition) is 0. The molecule has 0 aliphatic carbocycles. The van der Waals surface area contributed by atoms with Crippen LogP contribution in [-0.2, 0) is 21.7 Å². The Morgan fingerprint density at radius 1 is 0.571 bits per heavy atom. The van der Waals surface area contributed by atoms with Crippen molar-refractivity contribution in [1.29, 1.82) is 0 Å². The van der Waals surface area contributed by atoms with Crippen molar-refractivity contribution in [1.82, 2.24) is 0 Å². The van der Waals surface area contributed by atoms with Crippen molar-refractivity contribution in [3.8, 4) is 0 Å². The normalized spacial score (nSPS) is 12.4. The first-order valence-corrected chi connectivity index (χ1v) is 11.0. The molecule has 0 aromatic heterocycles. The van der Waals surface area contributed by atoms with Crippen molar-refractivity contribution < 1.29 is 4.39 Å². The Hall–Kier alpha value is -2.06. The maximum atomic E-state index is 13.7. The molecule has 0 N–H and O–H groups in total. The van der Waals surface area contributed by atoms with E-state index in [9.17, 15) is 4.39 Å². The quantitative estimate of drug-likeness (QED) is 0.404. The zero-order chi connectivity index (χ0) is 20.5.